The zero-order valence-corrected chi connectivity index (χ0v) is 10.7. The Morgan fingerprint density at radius 3 is 2.27 bits per heavy atom. The van der Waals surface area contributed by atoms with Gasteiger partial charge in [-0.05, 0) is 6.42 Å². The first kappa shape index (κ1) is 14.8. The summed E-state index contributed by atoms with van der Waals surface area (Å²) in [4.78, 5) is 11.1. The van der Waals surface area contributed by atoms with Crippen LogP contribution >= 0.6 is 12.6 Å². The van der Waals surface area contributed by atoms with Gasteiger partial charge in [0.15, 0.2) is 0 Å². The summed E-state index contributed by atoms with van der Waals surface area (Å²) in [5.41, 5.74) is 0. The van der Waals surface area contributed by atoms with Crippen molar-refractivity contribution in [1.29, 1.82) is 0 Å². The molecule has 0 fully saturated rings. The van der Waals surface area contributed by atoms with E-state index in [4.69, 9.17) is 4.74 Å². The molecule has 0 aromatic rings. The third-order valence-corrected chi connectivity index (χ3v) is 2.52. The van der Waals surface area contributed by atoms with Crippen LogP contribution in [0.2, 0.25) is 0 Å². The largest absolute Gasteiger partial charge is 0.465 e. The summed E-state index contributed by atoms with van der Waals surface area (Å²) in [7, 11) is 0. The molecule has 0 aliphatic rings. The Bertz CT molecular complexity index is 149. The molecule has 0 unspecified atom stereocenters. The van der Waals surface area contributed by atoms with Gasteiger partial charge in [0.1, 0.15) is 6.61 Å². The minimum absolute atomic E-state index is 0.0717. The molecule has 0 bridgehead atoms. The monoisotopic (exact) mass is 232 g/mol. The normalized spacial score (nSPS) is 10.3. The lowest BCUT2D eigenvalue weighted by Crippen LogP contribution is -2.06. The highest BCUT2D eigenvalue weighted by Gasteiger charge is 2.01. The molecule has 0 aromatic carbocycles. The smallest absolute Gasteiger partial charge is 0.305 e. The average Bonchev–Trinajstić information content (AvgIpc) is 2.25. The van der Waals surface area contributed by atoms with Crippen molar-refractivity contribution in [2.24, 2.45) is 0 Å². The summed E-state index contributed by atoms with van der Waals surface area (Å²) in [5, 5.41) is 0. The molecule has 0 aliphatic carbocycles. The number of rotatable bonds is 10. The van der Waals surface area contributed by atoms with E-state index in [1.165, 1.54) is 32.1 Å². The van der Waals surface area contributed by atoms with Crippen LogP contribution in [0.1, 0.15) is 58.3 Å². The van der Waals surface area contributed by atoms with Crippen LogP contribution in [0.5, 0.6) is 0 Å². The highest BCUT2D eigenvalue weighted by atomic mass is 32.1. The predicted molar refractivity (Wildman–Crippen MR) is 67.4 cm³/mol. The zero-order valence-electron chi connectivity index (χ0n) is 9.83. The number of thiol groups is 1. The van der Waals surface area contributed by atoms with Gasteiger partial charge < -0.3 is 4.74 Å². The third kappa shape index (κ3) is 11.7. The molecule has 15 heavy (non-hydrogen) atoms. The first-order valence-corrected chi connectivity index (χ1v) is 6.71. The van der Waals surface area contributed by atoms with Crippen molar-refractivity contribution in [2.45, 2.75) is 58.3 Å². The Balaban J connectivity index is 3.06. The van der Waals surface area contributed by atoms with Crippen LogP contribution in [0.3, 0.4) is 0 Å². The first-order valence-electron chi connectivity index (χ1n) is 6.07. The second-order valence-electron chi connectivity index (χ2n) is 3.82. The molecule has 3 heteroatoms. The fourth-order valence-corrected chi connectivity index (χ4v) is 1.55. The summed E-state index contributed by atoms with van der Waals surface area (Å²) in [5.74, 6) is 0.542. The third-order valence-electron chi connectivity index (χ3n) is 2.34. The maximum absolute atomic E-state index is 11.1. The van der Waals surface area contributed by atoms with E-state index in [1.807, 2.05) is 0 Å². The van der Waals surface area contributed by atoms with Crippen molar-refractivity contribution in [3.05, 3.63) is 0 Å². The predicted octanol–water partition coefficient (Wildman–Crippen LogP) is 3.60. The zero-order chi connectivity index (χ0) is 11.4. The Morgan fingerprint density at radius 1 is 1.07 bits per heavy atom. The van der Waals surface area contributed by atoms with E-state index >= 15 is 0 Å². The van der Waals surface area contributed by atoms with E-state index in [9.17, 15) is 4.79 Å². The number of hydrogen-bond acceptors (Lipinski definition) is 3. The quantitative estimate of drug-likeness (QED) is 0.354. The lowest BCUT2D eigenvalue weighted by atomic mass is 10.1. The molecule has 0 heterocycles. The summed E-state index contributed by atoms with van der Waals surface area (Å²) in [6, 6.07) is 0. The van der Waals surface area contributed by atoms with Crippen molar-refractivity contribution >= 4 is 18.6 Å². The Hall–Kier alpha value is -0.180. The summed E-state index contributed by atoms with van der Waals surface area (Å²) < 4.78 is 4.92. The SMILES string of the molecule is CCCCCCCCCC(=O)OCCS. The van der Waals surface area contributed by atoms with Gasteiger partial charge in [-0.15, -0.1) is 0 Å². The van der Waals surface area contributed by atoms with Gasteiger partial charge in [0, 0.05) is 12.2 Å². The fraction of sp³-hybridized carbons (Fsp3) is 0.917. The number of hydrogen-bond donors (Lipinski definition) is 1. The molecule has 0 aromatic heterocycles. The van der Waals surface area contributed by atoms with Gasteiger partial charge in [-0.3, -0.25) is 4.79 Å². The minimum Gasteiger partial charge on any atom is -0.465 e. The van der Waals surface area contributed by atoms with Crippen LogP contribution in [0, 0.1) is 0 Å². The minimum atomic E-state index is -0.0717. The molecule has 0 saturated heterocycles. The molecule has 0 aliphatic heterocycles. The van der Waals surface area contributed by atoms with Crippen LogP contribution in [0.15, 0.2) is 0 Å². The standard InChI is InChI=1S/C12H24O2S/c1-2-3-4-5-6-7-8-9-12(13)14-10-11-15/h15H,2-11H2,1H3. The number of unbranched alkanes of at least 4 members (excludes halogenated alkanes) is 6. The van der Waals surface area contributed by atoms with Gasteiger partial charge in [0.2, 0.25) is 0 Å². The molecule has 0 amide bonds. The van der Waals surface area contributed by atoms with Gasteiger partial charge in [-0.1, -0.05) is 45.4 Å². The van der Waals surface area contributed by atoms with Crippen molar-refractivity contribution in [1.82, 2.24) is 0 Å². The van der Waals surface area contributed by atoms with E-state index < -0.39 is 0 Å². The Morgan fingerprint density at radius 2 is 1.67 bits per heavy atom. The van der Waals surface area contributed by atoms with E-state index in [0.717, 1.165) is 12.8 Å². The van der Waals surface area contributed by atoms with Crippen molar-refractivity contribution < 1.29 is 9.53 Å². The summed E-state index contributed by atoms with van der Waals surface area (Å²) >= 11 is 3.98. The van der Waals surface area contributed by atoms with Gasteiger partial charge in [-0.2, -0.15) is 12.6 Å². The van der Waals surface area contributed by atoms with E-state index in [0.29, 0.717) is 18.8 Å². The first-order chi connectivity index (χ1) is 7.31. The highest BCUT2D eigenvalue weighted by molar-refractivity contribution is 7.80. The van der Waals surface area contributed by atoms with Crippen molar-refractivity contribution in [3.8, 4) is 0 Å². The number of esters is 1. The average molecular weight is 232 g/mol. The number of ether oxygens (including phenoxy) is 1. The Kier molecular flexibility index (Phi) is 11.7. The summed E-state index contributed by atoms with van der Waals surface area (Å²) in [6.07, 6.45) is 9.21. The second-order valence-corrected chi connectivity index (χ2v) is 4.26. The molecular formula is C12H24O2S. The van der Waals surface area contributed by atoms with Gasteiger partial charge in [-0.25, -0.2) is 0 Å². The van der Waals surface area contributed by atoms with E-state index in [-0.39, 0.29) is 5.97 Å². The van der Waals surface area contributed by atoms with Crippen LogP contribution in [0.25, 0.3) is 0 Å². The van der Waals surface area contributed by atoms with E-state index in [2.05, 4.69) is 19.6 Å². The van der Waals surface area contributed by atoms with Crippen LogP contribution < -0.4 is 0 Å². The van der Waals surface area contributed by atoms with Crippen molar-refractivity contribution in [3.63, 3.8) is 0 Å². The molecule has 0 saturated carbocycles. The van der Waals surface area contributed by atoms with E-state index in [1.54, 1.807) is 0 Å². The van der Waals surface area contributed by atoms with Gasteiger partial charge in [0.25, 0.3) is 0 Å². The lowest BCUT2D eigenvalue weighted by molar-refractivity contribution is -0.143. The molecule has 2 nitrogen and oxygen atoms in total. The van der Waals surface area contributed by atoms with Crippen LogP contribution in [-0.4, -0.2) is 18.3 Å². The molecule has 0 N–H and O–H groups in total. The molecule has 90 valence electrons. The Labute approximate surface area is 99.2 Å². The van der Waals surface area contributed by atoms with Gasteiger partial charge >= 0.3 is 5.97 Å². The molecule has 0 radical (unpaired) electrons. The second kappa shape index (κ2) is 11.9. The number of carbonyl (C=O) groups is 1. The molecular weight excluding hydrogens is 208 g/mol. The van der Waals surface area contributed by atoms with Gasteiger partial charge in [0.05, 0.1) is 0 Å². The molecule has 0 spiro atoms. The maximum Gasteiger partial charge on any atom is 0.305 e. The number of carbonyl (C=O) groups excluding carboxylic acids is 1. The van der Waals surface area contributed by atoms with Crippen LogP contribution in [-0.2, 0) is 9.53 Å². The van der Waals surface area contributed by atoms with Crippen LogP contribution in [0.4, 0.5) is 0 Å². The molecule has 0 atom stereocenters. The topological polar surface area (TPSA) is 26.3 Å². The highest BCUT2D eigenvalue weighted by Crippen LogP contribution is 2.08. The maximum atomic E-state index is 11.1. The lowest BCUT2D eigenvalue weighted by Gasteiger charge is -2.02. The summed E-state index contributed by atoms with van der Waals surface area (Å²) in [6.45, 7) is 2.66. The van der Waals surface area contributed by atoms with Crippen molar-refractivity contribution in [2.75, 3.05) is 12.4 Å². The molecule has 0 rings (SSSR count). The fourth-order valence-electron chi connectivity index (χ4n) is 1.46.